The highest BCUT2D eigenvalue weighted by Gasteiger charge is 2.22. The largest absolute Gasteiger partial charge is 0.481 e. The molecule has 0 aliphatic carbocycles. The Morgan fingerprint density at radius 3 is 2.61 bits per heavy atom. The van der Waals surface area contributed by atoms with Crippen molar-refractivity contribution in [2.75, 3.05) is 11.9 Å². The monoisotopic (exact) mass is 367 g/mol. The number of anilines is 1. The van der Waals surface area contributed by atoms with Crippen molar-refractivity contribution in [1.82, 2.24) is 0 Å². The van der Waals surface area contributed by atoms with Crippen LogP contribution in [0.1, 0.15) is 11.7 Å². The lowest BCUT2D eigenvalue weighted by Gasteiger charge is -2.28. The van der Waals surface area contributed by atoms with Gasteiger partial charge in [-0.2, -0.15) is 0 Å². The number of hydrogen-bond acceptors (Lipinski definition) is 2. The van der Waals surface area contributed by atoms with E-state index < -0.39 is 0 Å². The van der Waals surface area contributed by atoms with E-state index in [1.165, 1.54) is 5.56 Å². The van der Waals surface area contributed by atoms with E-state index in [2.05, 4.69) is 49.3 Å². The van der Waals surface area contributed by atoms with Crippen LogP contribution in [0.5, 0.6) is 5.75 Å². The number of para-hydroxylation sites is 1. The molecular formula is C14H11Br2NO. The van der Waals surface area contributed by atoms with Crippen molar-refractivity contribution < 1.29 is 4.74 Å². The molecule has 0 aromatic heterocycles. The highest BCUT2D eigenvalue weighted by Crippen LogP contribution is 2.39. The Morgan fingerprint density at radius 1 is 1.06 bits per heavy atom. The lowest BCUT2D eigenvalue weighted by atomic mass is 10.1. The molecule has 1 heterocycles. The van der Waals surface area contributed by atoms with Crippen LogP contribution >= 0.6 is 31.9 Å². The molecule has 0 saturated carbocycles. The SMILES string of the molecule is Brc1ccc(C2CNc3cccc(Br)c3O2)cc1. The average Bonchev–Trinajstić information content (AvgIpc) is 2.40. The first-order valence-electron chi connectivity index (χ1n) is 5.68. The topological polar surface area (TPSA) is 21.3 Å². The minimum Gasteiger partial charge on any atom is -0.481 e. The Morgan fingerprint density at radius 2 is 1.83 bits per heavy atom. The summed E-state index contributed by atoms with van der Waals surface area (Å²) in [5.74, 6) is 0.886. The second-order valence-electron chi connectivity index (χ2n) is 4.16. The average molecular weight is 369 g/mol. The molecule has 18 heavy (non-hydrogen) atoms. The third-order valence-corrected chi connectivity index (χ3v) is 4.10. The van der Waals surface area contributed by atoms with Crippen LogP contribution in [0.25, 0.3) is 0 Å². The first-order chi connectivity index (χ1) is 8.74. The molecule has 0 fully saturated rings. The lowest BCUT2D eigenvalue weighted by molar-refractivity contribution is 0.209. The van der Waals surface area contributed by atoms with Crippen LogP contribution in [0.15, 0.2) is 51.4 Å². The lowest BCUT2D eigenvalue weighted by Crippen LogP contribution is -2.23. The second-order valence-corrected chi connectivity index (χ2v) is 5.93. The van der Waals surface area contributed by atoms with Crippen molar-refractivity contribution in [3.05, 3.63) is 57.0 Å². The number of halogens is 2. The molecule has 0 bridgehead atoms. The highest BCUT2D eigenvalue weighted by molar-refractivity contribution is 9.10. The molecule has 92 valence electrons. The predicted octanol–water partition coefficient (Wildman–Crippen LogP) is 4.76. The minimum absolute atomic E-state index is 0.0456. The van der Waals surface area contributed by atoms with Gasteiger partial charge in [-0.25, -0.2) is 0 Å². The van der Waals surface area contributed by atoms with Crippen LogP contribution in [0.3, 0.4) is 0 Å². The zero-order chi connectivity index (χ0) is 12.5. The van der Waals surface area contributed by atoms with Crippen LogP contribution in [-0.4, -0.2) is 6.54 Å². The molecule has 4 heteroatoms. The molecule has 1 aliphatic rings. The Bertz CT molecular complexity index is 569. The summed E-state index contributed by atoms with van der Waals surface area (Å²) in [6.07, 6.45) is 0.0456. The Hall–Kier alpha value is -1.00. The number of fused-ring (bicyclic) bond motifs is 1. The van der Waals surface area contributed by atoms with Gasteiger partial charge in [-0.15, -0.1) is 0 Å². The van der Waals surface area contributed by atoms with Crippen LogP contribution in [0.4, 0.5) is 5.69 Å². The quantitative estimate of drug-likeness (QED) is 0.783. The van der Waals surface area contributed by atoms with Gasteiger partial charge in [-0.05, 0) is 45.8 Å². The van der Waals surface area contributed by atoms with Crippen LogP contribution < -0.4 is 10.1 Å². The van der Waals surface area contributed by atoms with Gasteiger partial charge in [0.25, 0.3) is 0 Å². The number of hydrogen-bond donors (Lipinski definition) is 1. The van der Waals surface area contributed by atoms with Crippen molar-refractivity contribution in [2.45, 2.75) is 6.10 Å². The normalized spacial score (nSPS) is 17.6. The standard InChI is InChI=1S/C14H11Br2NO/c15-10-6-4-9(5-7-10)13-8-17-12-3-1-2-11(16)14(12)18-13/h1-7,13,17H,8H2. The summed E-state index contributed by atoms with van der Waals surface area (Å²) in [4.78, 5) is 0. The van der Waals surface area contributed by atoms with E-state index >= 15 is 0 Å². The maximum atomic E-state index is 6.06. The van der Waals surface area contributed by atoms with Gasteiger partial charge in [0.05, 0.1) is 16.7 Å². The van der Waals surface area contributed by atoms with Gasteiger partial charge in [0.2, 0.25) is 0 Å². The molecule has 2 aromatic carbocycles. The fourth-order valence-electron chi connectivity index (χ4n) is 2.02. The van der Waals surface area contributed by atoms with Crippen molar-refractivity contribution in [3.63, 3.8) is 0 Å². The molecule has 2 nitrogen and oxygen atoms in total. The van der Waals surface area contributed by atoms with E-state index in [9.17, 15) is 0 Å². The van der Waals surface area contributed by atoms with E-state index in [0.717, 1.165) is 26.9 Å². The number of benzene rings is 2. The second kappa shape index (κ2) is 4.94. The number of ether oxygens (including phenoxy) is 1. The molecule has 0 radical (unpaired) electrons. The Balaban J connectivity index is 1.90. The summed E-state index contributed by atoms with van der Waals surface area (Å²) in [7, 11) is 0. The Labute approximate surface area is 123 Å². The van der Waals surface area contributed by atoms with Gasteiger partial charge in [-0.3, -0.25) is 0 Å². The molecule has 1 N–H and O–H groups in total. The van der Waals surface area contributed by atoms with Gasteiger partial charge in [0, 0.05) is 4.47 Å². The third-order valence-electron chi connectivity index (χ3n) is 2.95. The molecule has 1 unspecified atom stereocenters. The summed E-state index contributed by atoms with van der Waals surface area (Å²) in [5, 5.41) is 3.40. The molecule has 3 rings (SSSR count). The summed E-state index contributed by atoms with van der Waals surface area (Å²) in [5.41, 5.74) is 2.21. The van der Waals surface area contributed by atoms with E-state index in [1.54, 1.807) is 0 Å². The summed E-state index contributed by atoms with van der Waals surface area (Å²) in [6, 6.07) is 14.3. The van der Waals surface area contributed by atoms with Gasteiger partial charge in [0.1, 0.15) is 6.10 Å². The molecule has 0 saturated heterocycles. The fraction of sp³-hybridized carbons (Fsp3) is 0.143. The first kappa shape index (κ1) is 12.1. The van der Waals surface area contributed by atoms with Gasteiger partial charge in [0.15, 0.2) is 5.75 Å². The van der Waals surface area contributed by atoms with Crippen molar-refractivity contribution in [2.24, 2.45) is 0 Å². The minimum atomic E-state index is 0.0456. The molecule has 0 amide bonds. The van der Waals surface area contributed by atoms with Crippen LogP contribution in [0, 0.1) is 0 Å². The third kappa shape index (κ3) is 2.27. The van der Waals surface area contributed by atoms with E-state index in [1.807, 2.05) is 30.3 Å². The number of rotatable bonds is 1. The summed E-state index contributed by atoms with van der Waals surface area (Å²) >= 11 is 6.96. The molecule has 2 aromatic rings. The maximum absolute atomic E-state index is 6.06. The zero-order valence-electron chi connectivity index (χ0n) is 9.49. The molecule has 1 atom stereocenters. The smallest absolute Gasteiger partial charge is 0.157 e. The van der Waals surface area contributed by atoms with Crippen molar-refractivity contribution in [1.29, 1.82) is 0 Å². The molecular weight excluding hydrogens is 358 g/mol. The van der Waals surface area contributed by atoms with Gasteiger partial charge < -0.3 is 10.1 Å². The fourth-order valence-corrected chi connectivity index (χ4v) is 2.74. The first-order valence-corrected chi connectivity index (χ1v) is 7.27. The molecule has 0 spiro atoms. The summed E-state index contributed by atoms with van der Waals surface area (Å²) < 4.78 is 8.12. The van der Waals surface area contributed by atoms with Crippen molar-refractivity contribution in [3.8, 4) is 5.75 Å². The van der Waals surface area contributed by atoms with Crippen LogP contribution in [-0.2, 0) is 0 Å². The predicted molar refractivity (Wildman–Crippen MR) is 80.1 cm³/mol. The van der Waals surface area contributed by atoms with E-state index in [4.69, 9.17) is 4.74 Å². The van der Waals surface area contributed by atoms with Crippen LogP contribution in [0.2, 0.25) is 0 Å². The molecule has 1 aliphatic heterocycles. The maximum Gasteiger partial charge on any atom is 0.157 e. The van der Waals surface area contributed by atoms with E-state index in [-0.39, 0.29) is 6.10 Å². The van der Waals surface area contributed by atoms with E-state index in [0.29, 0.717) is 0 Å². The Kier molecular flexibility index (Phi) is 3.31. The number of nitrogens with one attached hydrogen (secondary N) is 1. The summed E-state index contributed by atoms with van der Waals surface area (Å²) in [6.45, 7) is 0.783. The van der Waals surface area contributed by atoms with Gasteiger partial charge >= 0.3 is 0 Å². The van der Waals surface area contributed by atoms with Gasteiger partial charge in [-0.1, -0.05) is 34.1 Å². The van der Waals surface area contributed by atoms with Crippen molar-refractivity contribution >= 4 is 37.5 Å². The highest BCUT2D eigenvalue weighted by atomic mass is 79.9. The zero-order valence-corrected chi connectivity index (χ0v) is 12.7.